The molecule has 0 aromatic rings. The minimum Gasteiger partial charge on any atom is -0.478 e. The van der Waals surface area contributed by atoms with E-state index in [0.717, 1.165) is 12.1 Å². The molecule has 0 aromatic heterocycles. The Morgan fingerprint density at radius 1 is 1.25 bits per heavy atom. The number of hydrogen-bond donors (Lipinski definition) is 2. The summed E-state index contributed by atoms with van der Waals surface area (Å²) in [5, 5.41) is 11.0. The van der Waals surface area contributed by atoms with E-state index in [0.29, 0.717) is 12.2 Å². The van der Waals surface area contributed by atoms with Crippen LogP contribution in [0, 0.1) is 0 Å². The van der Waals surface area contributed by atoms with Gasteiger partial charge in [0, 0.05) is 29.8 Å². The molecule has 138 valence electrons. The second kappa shape index (κ2) is 17.0. The van der Waals surface area contributed by atoms with Gasteiger partial charge in [-0.25, -0.2) is 14.4 Å². The molecule has 1 saturated heterocycles. The summed E-state index contributed by atoms with van der Waals surface area (Å²) in [6.45, 7) is 18.3. The van der Waals surface area contributed by atoms with E-state index >= 15 is 0 Å². The molecule has 0 aliphatic carbocycles. The first-order valence-corrected chi connectivity index (χ1v) is 7.18. The molecule has 2 N–H and O–H groups in total. The molecule has 7 heteroatoms. The molecular weight excluding hydrogens is 314 g/mol. The molecule has 1 heterocycles. The third-order valence-corrected chi connectivity index (χ3v) is 1.96. The lowest BCUT2D eigenvalue weighted by atomic mass is 10.4. The number of carbonyl (C=O) groups is 3. The Kier molecular flexibility index (Phi) is 18.7. The van der Waals surface area contributed by atoms with Gasteiger partial charge in [-0.15, -0.1) is 0 Å². The molecule has 1 fully saturated rings. The molecular formula is C17H29NO6. The van der Waals surface area contributed by atoms with Gasteiger partial charge in [0.2, 0.25) is 0 Å². The number of methoxy groups -OCH3 is 1. The van der Waals surface area contributed by atoms with Gasteiger partial charge < -0.3 is 19.9 Å². The quantitative estimate of drug-likeness (QED) is 0.456. The van der Waals surface area contributed by atoms with E-state index in [1.807, 2.05) is 0 Å². The SMILES string of the molecule is C=C(C)C(=O)O.C=C(C)C(=O)OC.C=CC(=O)OCC.CC1CN1. The van der Waals surface area contributed by atoms with Crippen LogP contribution in [-0.4, -0.2) is 49.3 Å². The summed E-state index contributed by atoms with van der Waals surface area (Å²) in [5.41, 5.74) is 0.609. The predicted molar refractivity (Wildman–Crippen MR) is 93.6 cm³/mol. The molecule has 0 spiro atoms. The molecule has 0 radical (unpaired) electrons. The van der Waals surface area contributed by atoms with Crippen molar-refractivity contribution in [2.24, 2.45) is 0 Å². The van der Waals surface area contributed by atoms with Crippen LogP contribution in [0.4, 0.5) is 0 Å². The molecule has 0 bridgehead atoms. The second-order valence-electron chi connectivity index (χ2n) is 4.62. The third kappa shape index (κ3) is 27.9. The molecule has 1 rings (SSSR count). The Hall–Kier alpha value is -2.41. The zero-order valence-electron chi connectivity index (χ0n) is 15.2. The van der Waals surface area contributed by atoms with Crippen molar-refractivity contribution >= 4 is 17.9 Å². The van der Waals surface area contributed by atoms with Gasteiger partial charge in [0.1, 0.15) is 0 Å². The highest BCUT2D eigenvalue weighted by Crippen LogP contribution is 1.89. The van der Waals surface area contributed by atoms with Crippen LogP contribution in [0.15, 0.2) is 37.0 Å². The zero-order valence-corrected chi connectivity index (χ0v) is 15.2. The maximum Gasteiger partial charge on any atom is 0.332 e. The van der Waals surface area contributed by atoms with E-state index in [2.05, 4.69) is 41.5 Å². The largest absolute Gasteiger partial charge is 0.478 e. The number of aliphatic carboxylic acids is 1. The molecule has 0 aromatic carbocycles. The number of hydrogen-bond acceptors (Lipinski definition) is 6. The average molecular weight is 343 g/mol. The maximum absolute atomic E-state index is 10.2. The number of ether oxygens (including phenoxy) is 2. The first-order chi connectivity index (χ1) is 11.0. The van der Waals surface area contributed by atoms with Gasteiger partial charge in [0.15, 0.2) is 0 Å². The summed E-state index contributed by atoms with van der Waals surface area (Å²) < 4.78 is 8.71. The minimum atomic E-state index is -0.935. The standard InChI is InChI=1S/2C5H8O2.C4H6O2.C3H7N/c1-4(2)5(6)7-3;1-3-5(6)7-4-2;1-3(2)4(5)6;1-3-2-4-3/h1H2,2-3H3;3H,1,4H2,2H3;1H2,2H3,(H,5,6);3-4H,2H2,1H3. The Morgan fingerprint density at radius 2 is 1.62 bits per heavy atom. The predicted octanol–water partition coefficient (Wildman–Crippen LogP) is 2.10. The van der Waals surface area contributed by atoms with Crippen LogP contribution >= 0.6 is 0 Å². The topological polar surface area (TPSA) is 112 Å². The van der Waals surface area contributed by atoms with E-state index in [4.69, 9.17) is 5.11 Å². The highest BCUT2D eigenvalue weighted by atomic mass is 16.5. The van der Waals surface area contributed by atoms with E-state index in [-0.39, 0.29) is 17.5 Å². The number of nitrogens with one attached hydrogen (secondary N) is 1. The molecule has 1 aliphatic rings. The fraction of sp³-hybridized carbons (Fsp3) is 0.471. The zero-order chi connectivity index (χ0) is 19.7. The number of carbonyl (C=O) groups excluding carboxylic acids is 2. The van der Waals surface area contributed by atoms with Gasteiger partial charge >= 0.3 is 17.9 Å². The van der Waals surface area contributed by atoms with Crippen LogP contribution in [0.3, 0.4) is 0 Å². The molecule has 1 unspecified atom stereocenters. The van der Waals surface area contributed by atoms with Crippen molar-refractivity contribution in [1.82, 2.24) is 5.32 Å². The van der Waals surface area contributed by atoms with Crippen molar-refractivity contribution in [3.8, 4) is 0 Å². The Balaban J connectivity index is -0.000000249. The van der Waals surface area contributed by atoms with E-state index in [1.165, 1.54) is 20.6 Å². The number of carboxylic acids is 1. The summed E-state index contributed by atoms with van der Waals surface area (Å²) in [4.78, 5) is 29.9. The van der Waals surface area contributed by atoms with Crippen LogP contribution in [0.5, 0.6) is 0 Å². The van der Waals surface area contributed by atoms with Gasteiger partial charge in [-0.2, -0.15) is 0 Å². The average Bonchev–Trinajstić information content (AvgIpc) is 3.30. The van der Waals surface area contributed by atoms with E-state index in [1.54, 1.807) is 13.8 Å². The molecule has 1 aliphatic heterocycles. The van der Waals surface area contributed by atoms with Crippen molar-refractivity contribution < 1.29 is 29.0 Å². The van der Waals surface area contributed by atoms with Crippen LogP contribution in [0.2, 0.25) is 0 Å². The van der Waals surface area contributed by atoms with Crippen LogP contribution in [-0.2, 0) is 23.9 Å². The Labute approximate surface area is 144 Å². The van der Waals surface area contributed by atoms with Gasteiger partial charge in [-0.05, 0) is 27.7 Å². The summed E-state index contributed by atoms with van der Waals surface area (Å²) in [5.74, 6) is -1.64. The highest BCUT2D eigenvalue weighted by Gasteiger charge is 2.10. The summed E-state index contributed by atoms with van der Waals surface area (Å²) >= 11 is 0. The number of carboxylic acid groups (broad SMARTS) is 1. The van der Waals surface area contributed by atoms with Gasteiger partial charge in [0.05, 0.1) is 13.7 Å². The van der Waals surface area contributed by atoms with Crippen molar-refractivity contribution in [3.05, 3.63) is 37.0 Å². The van der Waals surface area contributed by atoms with E-state index < -0.39 is 5.97 Å². The van der Waals surface area contributed by atoms with Gasteiger partial charge in [0.25, 0.3) is 0 Å². The molecule has 0 saturated carbocycles. The summed E-state index contributed by atoms with van der Waals surface area (Å²) in [7, 11) is 1.33. The fourth-order valence-corrected chi connectivity index (χ4v) is 0.493. The van der Waals surface area contributed by atoms with Crippen LogP contribution in [0.25, 0.3) is 0 Å². The Morgan fingerprint density at radius 3 is 1.67 bits per heavy atom. The van der Waals surface area contributed by atoms with Gasteiger partial charge in [-0.3, -0.25) is 0 Å². The first-order valence-electron chi connectivity index (χ1n) is 7.18. The smallest absolute Gasteiger partial charge is 0.332 e. The number of rotatable bonds is 4. The number of esters is 2. The van der Waals surface area contributed by atoms with Gasteiger partial charge in [-0.1, -0.05) is 19.7 Å². The molecule has 7 nitrogen and oxygen atoms in total. The lowest BCUT2D eigenvalue weighted by Crippen LogP contribution is -1.98. The van der Waals surface area contributed by atoms with Crippen molar-refractivity contribution in [2.75, 3.05) is 20.3 Å². The van der Waals surface area contributed by atoms with Crippen LogP contribution in [0.1, 0.15) is 27.7 Å². The lowest BCUT2D eigenvalue weighted by molar-refractivity contribution is -0.137. The minimum absolute atomic E-state index is 0.176. The fourth-order valence-electron chi connectivity index (χ4n) is 0.493. The van der Waals surface area contributed by atoms with E-state index in [9.17, 15) is 14.4 Å². The monoisotopic (exact) mass is 343 g/mol. The summed E-state index contributed by atoms with van der Waals surface area (Å²) in [6, 6.07) is 0.833. The van der Waals surface area contributed by atoms with Crippen LogP contribution < -0.4 is 5.32 Å². The van der Waals surface area contributed by atoms with Crippen molar-refractivity contribution in [3.63, 3.8) is 0 Å². The second-order valence-corrected chi connectivity index (χ2v) is 4.62. The molecule has 24 heavy (non-hydrogen) atoms. The maximum atomic E-state index is 10.2. The Bertz CT molecular complexity index is 424. The van der Waals surface area contributed by atoms with Crippen molar-refractivity contribution in [2.45, 2.75) is 33.7 Å². The van der Waals surface area contributed by atoms with Crippen molar-refractivity contribution in [1.29, 1.82) is 0 Å². The molecule has 1 atom stereocenters. The lowest BCUT2D eigenvalue weighted by Gasteiger charge is -1.91. The third-order valence-electron chi connectivity index (χ3n) is 1.96. The highest BCUT2D eigenvalue weighted by molar-refractivity contribution is 5.86. The summed E-state index contributed by atoms with van der Waals surface area (Å²) in [6.07, 6.45) is 1.14. The normalized spacial score (nSPS) is 13.0. The first kappa shape index (κ1) is 26.5. The molecule has 0 amide bonds.